The lowest BCUT2D eigenvalue weighted by molar-refractivity contribution is 0.0916. The molecule has 1 atom stereocenters. The highest BCUT2D eigenvalue weighted by molar-refractivity contribution is 5.92. The highest BCUT2D eigenvalue weighted by atomic mass is 16.2. The van der Waals surface area contributed by atoms with E-state index in [-0.39, 0.29) is 17.2 Å². The van der Waals surface area contributed by atoms with Crippen LogP contribution in [0.25, 0.3) is 5.69 Å². The number of benzene rings is 2. The molecule has 1 amide bonds. The van der Waals surface area contributed by atoms with Gasteiger partial charge in [-0.2, -0.15) is 5.10 Å². The maximum absolute atomic E-state index is 13.0. The summed E-state index contributed by atoms with van der Waals surface area (Å²) in [6, 6.07) is 17.6. The Bertz CT molecular complexity index is 1130. The first-order valence-electron chi connectivity index (χ1n) is 11.3. The molecule has 1 aliphatic rings. The van der Waals surface area contributed by atoms with Crippen LogP contribution in [-0.2, 0) is 0 Å². The van der Waals surface area contributed by atoms with Gasteiger partial charge in [0.1, 0.15) is 0 Å². The van der Waals surface area contributed by atoms with Gasteiger partial charge in [-0.05, 0) is 68.6 Å². The molecule has 1 saturated heterocycles. The van der Waals surface area contributed by atoms with Crippen LogP contribution in [-0.4, -0.2) is 40.2 Å². The molecule has 2 aromatic carbocycles. The number of nitrogens with one attached hydrogen (secondary N) is 1. The lowest BCUT2D eigenvalue weighted by atomic mass is 10.0. The smallest absolute Gasteiger partial charge is 0.275 e. The Morgan fingerprint density at radius 3 is 2.47 bits per heavy atom. The third-order valence-electron chi connectivity index (χ3n) is 6.25. The van der Waals surface area contributed by atoms with Crippen LogP contribution in [0.5, 0.6) is 0 Å². The normalized spacial score (nSPS) is 15.3. The van der Waals surface area contributed by atoms with E-state index in [2.05, 4.69) is 27.4 Å². The molecule has 0 spiro atoms. The number of aromatic nitrogens is 2. The average molecular weight is 431 g/mol. The van der Waals surface area contributed by atoms with Crippen LogP contribution < -0.4 is 10.7 Å². The van der Waals surface area contributed by atoms with E-state index in [9.17, 15) is 9.59 Å². The van der Waals surface area contributed by atoms with Gasteiger partial charge in [-0.25, -0.2) is 4.68 Å². The zero-order valence-electron chi connectivity index (χ0n) is 18.8. The van der Waals surface area contributed by atoms with Gasteiger partial charge in [0.15, 0.2) is 5.69 Å². The van der Waals surface area contributed by atoms with Gasteiger partial charge in [0.05, 0.1) is 11.7 Å². The quantitative estimate of drug-likeness (QED) is 0.646. The Morgan fingerprint density at radius 1 is 1.00 bits per heavy atom. The third-order valence-corrected chi connectivity index (χ3v) is 6.25. The van der Waals surface area contributed by atoms with Crippen molar-refractivity contribution in [3.63, 3.8) is 0 Å². The lowest BCUT2D eigenvalue weighted by Gasteiger charge is -2.35. The van der Waals surface area contributed by atoms with Crippen LogP contribution in [0.2, 0.25) is 0 Å². The summed E-state index contributed by atoms with van der Waals surface area (Å²) in [7, 11) is 0. The molecule has 1 N–H and O–H groups in total. The van der Waals surface area contributed by atoms with Crippen LogP contribution in [0.15, 0.2) is 65.6 Å². The summed E-state index contributed by atoms with van der Waals surface area (Å²) in [5, 5.41) is 7.33. The van der Waals surface area contributed by atoms with E-state index in [0.717, 1.165) is 37.2 Å². The summed E-state index contributed by atoms with van der Waals surface area (Å²) < 4.78 is 1.59. The number of carbonyl (C=O) groups is 1. The van der Waals surface area contributed by atoms with Gasteiger partial charge in [0.25, 0.3) is 5.91 Å². The molecule has 1 unspecified atom stereocenters. The summed E-state index contributed by atoms with van der Waals surface area (Å²) >= 11 is 0. The molecule has 1 fully saturated rings. The first-order chi connectivity index (χ1) is 15.5. The summed E-state index contributed by atoms with van der Waals surface area (Å²) in [4.78, 5) is 27.8. The van der Waals surface area contributed by atoms with E-state index < -0.39 is 5.91 Å². The summed E-state index contributed by atoms with van der Waals surface area (Å²) in [6.07, 6.45) is 5.18. The predicted molar refractivity (Wildman–Crippen MR) is 126 cm³/mol. The molecule has 3 aromatic rings. The molecule has 0 aliphatic carbocycles. The number of hydrogen-bond acceptors (Lipinski definition) is 4. The van der Waals surface area contributed by atoms with Crippen molar-refractivity contribution < 1.29 is 4.79 Å². The summed E-state index contributed by atoms with van der Waals surface area (Å²) in [5.74, 6) is -0.439. The molecule has 6 nitrogen and oxygen atoms in total. The monoisotopic (exact) mass is 430 g/mol. The molecule has 0 radical (unpaired) electrons. The van der Waals surface area contributed by atoms with Crippen LogP contribution in [0, 0.1) is 13.8 Å². The second-order valence-electron chi connectivity index (χ2n) is 8.47. The van der Waals surface area contributed by atoms with Crippen molar-refractivity contribution in [2.75, 3.05) is 19.6 Å². The van der Waals surface area contributed by atoms with Crippen molar-refractivity contribution in [2.45, 2.75) is 39.2 Å². The van der Waals surface area contributed by atoms with E-state index in [0.29, 0.717) is 6.54 Å². The fourth-order valence-corrected chi connectivity index (χ4v) is 4.21. The number of likely N-dealkylation sites (tertiary alicyclic amines) is 1. The van der Waals surface area contributed by atoms with Crippen LogP contribution >= 0.6 is 0 Å². The number of nitrogens with zero attached hydrogens (tertiary/aromatic N) is 3. The van der Waals surface area contributed by atoms with Crippen molar-refractivity contribution in [1.82, 2.24) is 20.0 Å². The molecule has 32 heavy (non-hydrogen) atoms. The second kappa shape index (κ2) is 9.92. The van der Waals surface area contributed by atoms with Crippen molar-refractivity contribution in [3.05, 3.63) is 93.4 Å². The molecule has 166 valence electrons. The fraction of sp³-hybridized carbons (Fsp3) is 0.346. The number of aryl methyl sites for hydroxylation is 2. The van der Waals surface area contributed by atoms with Gasteiger partial charge in [-0.15, -0.1) is 0 Å². The van der Waals surface area contributed by atoms with Crippen LogP contribution in [0.3, 0.4) is 0 Å². The van der Waals surface area contributed by atoms with Gasteiger partial charge < -0.3 is 5.32 Å². The number of hydrogen-bond donors (Lipinski definition) is 1. The topological polar surface area (TPSA) is 67.2 Å². The zero-order chi connectivity index (χ0) is 22.5. The average Bonchev–Trinajstić information content (AvgIpc) is 2.82. The van der Waals surface area contributed by atoms with Gasteiger partial charge in [-0.1, -0.05) is 42.8 Å². The van der Waals surface area contributed by atoms with Crippen molar-refractivity contribution in [3.8, 4) is 5.69 Å². The SMILES string of the molecule is Cc1ccc(-n2ccc(=O)c(C(=O)NCC(c3ccccc3)N3CCCCC3)n2)cc1C. The van der Waals surface area contributed by atoms with Gasteiger partial charge >= 0.3 is 0 Å². The minimum absolute atomic E-state index is 0.0751. The first-order valence-corrected chi connectivity index (χ1v) is 11.3. The van der Waals surface area contributed by atoms with Crippen LogP contribution in [0.1, 0.15) is 52.5 Å². The minimum Gasteiger partial charge on any atom is -0.349 e. The largest absolute Gasteiger partial charge is 0.349 e. The number of rotatable bonds is 6. The Balaban J connectivity index is 1.54. The van der Waals surface area contributed by atoms with Gasteiger partial charge in [0.2, 0.25) is 5.43 Å². The van der Waals surface area contributed by atoms with Crippen LogP contribution in [0.4, 0.5) is 0 Å². The first kappa shape index (κ1) is 22.0. The van der Waals surface area contributed by atoms with Gasteiger partial charge in [0, 0.05) is 18.8 Å². The molecule has 1 aromatic heterocycles. The highest BCUT2D eigenvalue weighted by Gasteiger charge is 2.24. The Kier molecular flexibility index (Phi) is 6.81. The van der Waals surface area contributed by atoms with E-state index in [1.54, 1.807) is 10.9 Å². The summed E-state index contributed by atoms with van der Waals surface area (Å²) in [6.45, 7) is 6.53. The third kappa shape index (κ3) is 4.97. The van der Waals surface area contributed by atoms with Gasteiger partial charge in [-0.3, -0.25) is 14.5 Å². The number of carbonyl (C=O) groups excluding carboxylic acids is 1. The highest BCUT2D eigenvalue weighted by Crippen LogP contribution is 2.24. The van der Waals surface area contributed by atoms with E-state index in [1.807, 2.05) is 50.2 Å². The van der Waals surface area contributed by atoms with E-state index in [4.69, 9.17) is 0 Å². The molecule has 0 bridgehead atoms. The van der Waals surface area contributed by atoms with E-state index in [1.165, 1.54) is 23.6 Å². The lowest BCUT2D eigenvalue weighted by Crippen LogP contribution is -2.41. The zero-order valence-corrected chi connectivity index (χ0v) is 18.8. The molecule has 0 saturated carbocycles. The molecule has 4 rings (SSSR count). The van der Waals surface area contributed by atoms with Crippen molar-refractivity contribution >= 4 is 5.91 Å². The van der Waals surface area contributed by atoms with E-state index >= 15 is 0 Å². The van der Waals surface area contributed by atoms with Crippen molar-refractivity contribution in [2.24, 2.45) is 0 Å². The molecule has 6 heteroatoms. The second-order valence-corrected chi connectivity index (χ2v) is 8.47. The minimum atomic E-state index is -0.439. The Labute approximate surface area is 188 Å². The Morgan fingerprint density at radius 2 is 1.75 bits per heavy atom. The maximum Gasteiger partial charge on any atom is 0.275 e. The predicted octanol–water partition coefficient (Wildman–Crippen LogP) is 3.81. The summed E-state index contributed by atoms with van der Waals surface area (Å²) in [5.41, 5.74) is 3.83. The molecule has 2 heterocycles. The standard InChI is InChI=1S/C26H30N4O2/c1-19-11-12-22(17-20(19)2)30-16-13-24(31)25(28-30)26(32)27-18-23(21-9-5-3-6-10-21)29-14-7-4-8-15-29/h3,5-6,9-13,16-17,23H,4,7-8,14-15,18H2,1-2H3,(H,27,32). The molecule has 1 aliphatic heterocycles. The number of amides is 1. The molecular weight excluding hydrogens is 400 g/mol. The fourth-order valence-electron chi connectivity index (χ4n) is 4.21. The Hall–Kier alpha value is -3.25. The van der Waals surface area contributed by atoms with Crippen molar-refractivity contribution in [1.29, 1.82) is 0 Å². The maximum atomic E-state index is 13.0. The molecular formula is C26H30N4O2. The number of piperidine rings is 1.